The molecule has 0 heterocycles. The summed E-state index contributed by atoms with van der Waals surface area (Å²) >= 11 is 0. The minimum Gasteiger partial charge on any atom is -0.493 e. The molecule has 5 heteroatoms. The Balaban J connectivity index is 1.71. The van der Waals surface area contributed by atoms with Crippen molar-refractivity contribution in [3.8, 4) is 17.2 Å². The van der Waals surface area contributed by atoms with E-state index in [1.54, 1.807) is 19.2 Å². The molecule has 0 saturated heterocycles. The summed E-state index contributed by atoms with van der Waals surface area (Å²) in [4.78, 5) is 12.7. The summed E-state index contributed by atoms with van der Waals surface area (Å²) in [6.45, 7) is 4.37. The predicted octanol–water partition coefficient (Wildman–Crippen LogP) is 4.91. The van der Waals surface area contributed by atoms with Crippen LogP contribution in [0, 0.1) is 0 Å². The highest BCUT2D eigenvalue weighted by molar-refractivity contribution is 5.97. The number of nitrogens with one attached hydrogen (secondary N) is 1. The van der Waals surface area contributed by atoms with Crippen LogP contribution in [0.5, 0.6) is 17.2 Å². The highest BCUT2D eigenvalue weighted by Crippen LogP contribution is 2.34. The quantitative estimate of drug-likeness (QED) is 0.704. The van der Waals surface area contributed by atoms with Gasteiger partial charge in [-0.15, -0.1) is 0 Å². The molecule has 2 aromatic rings. The van der Waals surface area contributed by atoms with Crippen molar-refractivity contribution in [1.82, 2.24) is 5.32 Å². The van der Waals surface area contributed by atoms with Crippen LogP contribution in [0.25, 0.3) is 0 Å². The van der Waals surface area contributed by atoms with E-state index in [0.29, 0.717) is 23.7 Å². The lowest BCUT2D eigenvalue weighted by Gasteiger charge is -2.19. The van der Waals surface area contributed by atoms with Gasteiger partial charge in [-0.3, -0.25) is 4.79 Å². The average molecular weight is 383 g/mol. The van der Waals surface area contributed by atoms with Crippen molar-refractivity contribution in [3.05, 3.63) is 53.6 Å². The zero-order valence-corrected chi connectivity index (χ0v) is 16.9. The molecule has 0 bridgehead atoms. The van der Waals surface area contributed by atoms with Gasteiger partial charge in [0.05, 0.1) is 31.4 Å². The molecular formula is C23H29NO4. The molecule has 0 radical (unpaired) electrons. The number of ether oxygens (including phenoxy) is 3. The minimum absolute atomic E-state index is 0.165. The molecule has 0 spiro atoms. The van der Waals surface area contributed by atoms with Gasteiger partial charge in [-0.25, -0.2) is 0 Å². The first-order valence-electron chi connectivity index (χ1n) is 9.99. The number of carbonyl (C=O) groups excluding carboxylic acids is 1. The largest absolute Gasteiger partial charge is 0.493 e. The summed E-state index contributed by atoms with van der Waals surface area (Å²) < 4.78 is 17.2. The third kappa shape index (κ3) is 4.77. The number of carbonyl (C=O) groups is 1. The lowest BCUT2D eigenvalue weighted by Crippen LogP contribution is -2.27. The third-order valence-electron chi connectivity index (χ3n) is 5.06. The first-order valence-corrected chi connectivity index (χ1v) is 9.99. The second-order valence-corrected chi connectivity index (χ2v) is 7.06. The summed E-state index contributed by atoms with van der Waals surface area (Å²) in [6, 6.07) is 12.9. The smallest absolute Gasteiger partial charge is 0.255 e. The fourth-order valence-electron chi connectivity index (χ4n) is 3.53. The second kappa shape index (κ2) is 9.49. The Labute approximate surface area is 167 Å². The Morgan fingerprint density at radius 3 is 2.57 bits per heavy atom. The zero-order valence-electron chi connectivity index (χ0n) is 16.9. The van der Waals surface area contributed by atoms with Gasteiger partial charge in [0.1, 0.15) is 5.75 Å². The number of benzene rings is 2. The standard InChI is InChI=1S/C23H29NO4/c1-4-27-20-12-8-7-11-19(20)23(25)24-16(2)17-13-14-21(22(15-17)26-3)28-18-9-5-6-10-18/h7-8,11-16,18H,4-6,9-10H2,1-3H3,(H,24,25). The summed E-state index contributed by atoms with van der Waals surface area (Å²) in [7, 11) is 1.64. The number of para-hydroxylation sites is 1. The monoisotopic (exact) mass is 383 g/mol. The number of amides is 1. The topological polar surface area (TPSA) is 56.8 Å². The summed E-state index contributed by atoms with van der Waals surface area (Å²) in [5, 5.41) is 3.04. The molecular weight excluding hydrogens is 354 g/mol. The fourth-order valence-corrected chi connectivity index (χ4v) is 3.53. The van der Waals surface area contributed by atoms with Crippen molar-refractivity contribution >= 4 is 5.91 Å². The fraction of sp³-hybridized carbons (Fsp3) is 0.435. The van der Waals surface area contributed by atoms with Gasteiger partial charge in [-0.2, -0.15) is 0 Å². The molecule has 1 atom stereocenters. The number of rotatable bonds is 8. The Hall–Kier alpha value is -2.69. The predicted molar refractivity (Wildman–Crippen MR) is 109 cm³/mol. The SMILES string of the molecule is CCOc1ccccc1C(=O)NC(C)c1ccc(OC2CCCC2)c(OC)c1. The Kier molecular flexibility index (Phi) is 6.80. The molecule has 1 aliphatic rings. The molecule has 1 N–H and O–H groups in total. The van der Waals surface area contributed by atoms with Gasteiger partial charge >= 0.3 is 0 Å². The first-order chi connectivity index (χ1) is 13.6. The van der Waals surface area contributed by atoms with E-state index in [9.17, 15) is 4.79 Å². The van der Waals surface area contributed by atoms with E-state index in [-0.39, 0.29) is 18.1 Å². The van der Waals surface area contributed by atoms with E-state index in [0.717, 1.165) is 24.2 Å². The van der Waals surface area contributed by atoms with Crippen molar-refractivity contribution < 1.29 is 19.0 Å². The van der Waals surface area contributed by atoms with Gasteiger partial charge in [0.25, 0.3) is 5.91 Å². The molecule has 0 aliphatic heterocycles. The van der Waals surface area contributed by atoms with Crippen LogP contribution in [0.1, 0.15) is 61.5 Å². The average Bonchev–Trinajstić information content (AvgIpc) is 3.22. The van der Waals surface area contributed by atoms with Crippen LogP contribution in [0.3, 0.4) is 0 Å². The molecule has 2 aromatic carbocycles. The molecule has 0 aromatic heterocycles. The van der Waals surface area contributed by atoms with Gasteiger partial charge in [0.2, 0.25) is 0 Å². The molecule has 1 aliphatic carbocycles. The minimum atomic E-state index is -0.184. The van der Waals surface area contributed by atoms with Gasteiger partial charge in [0.15, 0.2) is 11.5 Å². The van der Waals surface area contributed by atoms with Crippen LogP contribution in [0.4, 0.5) is 0 Å². The van der Waals surface area contributed by atoms with E-state index in [1.807, 2.05) is 44.2 Å². The van der Waals surface area contributed by atoms with Gasteiger partial charge in [0, 0.05) is 0 Å². The zero-order chi connectivity index (χ0) is 19.9. The van der Waals surface area contributed by atoms with Crippen molar-refractivity contribution in [3.63, 3.8) is 0 Å². The molecule has 28 heavy (non-hydrogen) atoms. The second-order valence-electron chi connectivity index (χ2n) is 7.06. The molecule has 1 amide bonds. The Morgan fingerprint density at radius 1 is 1.11 bits per heavy atom. The van der Waals surface area contributed by atoms with Crippen LogP contribution in [0.2, 0.25) is 0 Å². The molecule has 5 nitrogen and oxygen atoms in total. The van der Waals surface area contributed by atoms with Crippen molar-refractivity contribution in [2.45, 2.75) is 51.7 Å². The molecule has 1 saturated carbocycles. The normalized spacial score (nSPS) is 15.1. The third-order valence-corrected chi connectivity index (χ3v) is 5.06. The number of hydrogen-bond acceptors (Lipinski definition) is 4. The molecule has 3 rings (SSSR count). The maximum atomic E-state index is 12.7. The van der Waals surface area contributed by atoms with Gasteiger partial charge in [-0.1, -0.05) is 18.2 Å². The van der Waals surface area contributed by atoms with Crippen molar-refractivity contribution in [2.24, 2.45) is 0 Å². The van der Waals surface area contributed by atoms with Crippen LogP contribution in [-0.2, 0) is 0 Å². The van der Waals surface area contributed by atoms with Crippen molar-refractivity contribution in [2.75, 3.05) is 13.7 Å². The van der Waals surface area contributed by atoms with E-state index in [2.05, 4.69) is 5.32 Å². The van der Waals surface area contributed by atoms with Crippen LogP contribution in [-0.4, -0.2) is 25.7 Å². The van der Waals surface area contributed by atoms with Crippen LogP contribution >= 0.6 is 0 Å². The molecule has 1 unspecified atom stereocenters. The first kappa shape index (κ1) is 20.1. The van der Waals surface area contributed by atoms with Gasteiger partial charge in [-0.05, 0) is 69.4 Å². The van der Waals surface area contributed by atoms with Gasteiger partial charge < -0.3 is 19.5 Å². The lowest BCUT2D eigenvalue weighted by atomic mass is 10.1. The Morgan fingerprint density at radius 2 is 1.86 bits per heavy atom. The highest BCUT2D eigenvalue weighted by atomic mass is 16.5. The van der Waals surface area contributed by atoms with E-state index in [4.69, 9.17) is 14.2 Å². The van der Waals surface area contributed by atoms with E-state index < -0.39 is 0 Å². The van der Waals surface area contributed by atoms with E-state index in [1.165, 1.54) is 12.8 Å². The maximum Gasteiger partial charge on any atom is 0.255 e. The Bertz CT molecular complexity index is 799. The maximum absolute atomic E-state index is 12.7. The van der Waals surface area contributed by atoms with Crippen molar-refractivity contribution in [1.29, 1.82) is 0 Å². The summed E-state index contributed by atoms with van der Waals surface area (Å²) in [5.74, 6) is 1.88. The number of methoxy groups -OCH3 is 1. The van der Waals surface area contributed by atoms with E-state index >= 15 is 0 Å². The number of hydrogen-bond donors (Lipinski definition) is 1. The van der Waals surface area contributed by atoms with Crippen LogP contribution < -0.4 is 19.5 Å². The lowest BCUT2D eigenvalue weighted by molar-refractivity contribution is 0.0936. The summed E-state index contributed by atoms with van der Waals surface area (Å²) in [5.41, 5.74) is 1.49. The summed E-state index contributed by atoms with van der Waals surface area (Å²) in [6.07, 6.45) is 4.90. The highest BCUT2D eigenvalue weighted by Gasteiger charge is 2.20. The molecule has 150 valence electrons. The van der Waals surface area contributed by atoms with Crippen LogP contribution in [0.15, 0.2) is 42.5 Å². The molecule has 1 fully saturated rings.